The topological polar surface area (TPSA) is 211 Å². The van der Waals surface area contributed by atoms with Crippen LogP contribution in [-0.4, -0.2) is 133 Å². The highest BCUT2D eigenvalue weighted by Gasteiger charge is 2.32. The van der Waals surface area contributed by atoms with Gasteiger partial charge in [0.15, 0.2) is 0 Å². The Hall–Kier alpha value is -7.14. The Balaban J connectivity index is 0.671. The molecule has 0 unspecified atom stereocenters. The highest BCUT2D eigenvalue weighted by Crippen LogP contribution is 2.36. The summed E-state index contributed by atoms with van der Waals surface area (Å²) in [5, 5.41) is 36.7. The molecule has 8 heterocycles. The van der Waals surface area contributed by atoms with E-state index in [4.69, 9.17) is 9.84 Å². The Bertz CT molecular complexity index is 3110. The average Bonchev–Trinajstić information content (AvgIpc) is 4.04. The third kappa shape index (κ3) is 11.3. The fourth-order valence-electron chi connectivity index (χ4n) is 11.6. The van der Waals surface area contributed by atoms with Gasteiger partial charge in [-0.05, 0) is 121 Å². The minimum atomic E-state index is -1.24. The zero-order chi connectivity index (χ0) is 51.5. The van der Waals surface area contributed by atoms with Crippen molar-refractivity contribution < 1.29 is 24.2 Å². The van der Waals surface area contributed by atoms with Crippen LogP contribution in [0.5, 0.6) is 0 Å². The highest BCUT2D eigenvalue weighted by atomic mass is 16.5. The van der Waals surface area contributed by atoms with Crippen LogP contribution in [0.2, 0.25) is 0 Å². The first-order valence-corrected chi connectivity index (χ1v) is 26.3. The van der Waals surface area contributed by atoms with E-state index in [1.165, 1.54) is 27.5 Å². The number of fused-ring (bicyclic) bond motifs is 2. The van der Waals surface area contributed by atoms with Crippen molar-refractivity contribution in [2.75, 3.05) is 85.9 Å². The molecule has 10 rings (SSSR count). The second kappa shape index (κ2) is 21.8. The molecule has 0 radical (unpaired) electrons. The lowest BCUT2D eigenvalue weighted by Gasteiger charge is -2.43. The van der Waals surface area contributed by atoms with E-state index in [1.807, 2.05) is 24.5 Å². The fourth-order valence-corrected chi connectivity index (χ4v) is 11.6. The Morgan fingerprint density at radius 3 is 2.34 bits per heavy atom. The lowest BCUT2D eigenvalue weighted by Crippen LogP contribution is -2.52. The van der Waals surface area contributed by atoms with Gasteiger partial charge in [0.1, 0.15) is 18.3 Å². The number of benzene rings is 1. The van der Waals surface area contributed by atoms with E-state index in [-0.39, 0.29) is 42.5 Å². The summed E-state index contributed by atoms with van der Waals surface area (Å²) in [7, 11) is 0. The van der Waals surface area contributed by atoms with E-state index < -0.39 is 11.6 Å². The number of carbonyl (C=O) groups excluding carboxylic acids is 3. The molecule has 388 valence electrons. The van der Waals surface area contributed by atoms with Gasteiger partial charge in [0.05, 0.1) is 76.4 Å². The molecule has 4 aliphatic rings. The van der Waals surface area contributed by atoms with Crippen molar-refractivity contribution in [1.82, 2.24) is 38.7 Å². The van der Waals surface area contributed by atoms with Crippen molar-refractivity contribution in [2.45, 2.75) is 96.4 Å². The zero-order valence-corrected chi connectivity index (χ0v) is 42.7. The van der Waals surface area contributed by atoms with Gasteiger partial charge in [-0.2, -0.15) is 15.5 Å². The first kappa shape index (κ1) is 50.4. The molecule has 4 fully saturated rings. The minimum Gasteiger partial charge on any atom is -0.465 e. The van der Waals surface area contributed by atoms with E-state index in [2.05, 4.69) is 63.3 Å². The molecule has 1 aliphatic carbocycles. The summed E-state index contributed by atoms with van der Waals surface area (Å²) in [4.78, 5) is 66.1. The molecule has 19 heteroatoms. The van der Waals surface area contributed by atoms with Gasteiger partial charge in [0.2, 0.25) is 5.91 Å². The number of carbonyl (C=O) groups is 3. The number of piperidine rings is 2. The molecular formula is C55H67N13O6. The molecule has 2 amide bonds. The number of amides is 2. The Morgan fingerprint density at radius 1 is 0.838 bits per heavy atom. The van der Waals surface area contributed by atoms with Gasteiger partial charge in [-0.3, -0.25) is 33.7 Å². The molecule has 5 aromatic heterocycles. The molecule has 3 N–H and O–H groups in total. The second-order valence-electron chi connectivity index (χ2n) is 21.1. The third-order valence-electron chi connectivity index (χ3n) is 15.6. The molecule has 3 aliphatic heterocycles. The van der Waals surface area contributed by atoms with E-state index in [1.54, 1.807) is 45.0 Å². The number of ether oxygens (including phenoxy) is 1. The number of nitrogens with one attached hydrogen (secondary N) is 2. The molecule has 6 aromatic rings. The van der Waals surface area contributed by atoms with Gasteiger partial charge >= 0.3 is 5.97 Å². The molecule has 1 saturated carbocycles. The minimum absolute atomic E-state index is 0.113. The Morgan fingerprint density at radius 2 is 1.59 bits per heavy atom. The quantitative estimate of drug-likeness (QED) is 0.107. The molecule has 74 heavy (non-hydrogen) atoms. The molecule has 3 saturated heterocycles. The summed E-state index contributed by atoms with van der Waals surface area (Å²) in [5.41, 5.74) is 4.27. The van der Waals surface area contributed by atoms with Crippen LogP contribution in [0.25, 0.3) is 16.4 Å². The van der Waals surface area contributed by atoms with Crippen molar-refractivity contribution in [3.63, 3.8) is 0 Å². The number of piperazine rings is 1. The van der Waals surface area contributed by atoms with Crippen LogP contribution < -0.4 is 26.0 Å². The van der Waals surface area contributed by atoms with Crippen molar-refractivity contribution >= 4 is 57.0 Å². The molecule has 0 bridgehead atoms. The number of esters is 1. The van der Waals surface area contributed by atoms with Crippen molar-refractivity contribution in [2.24, 2.45) is 11.8 Å². The van der Waals surface area contributed by atoms with Crippen LogP contribution in [0.15, 0.2) is 84.3 Å². The number of hydrogen-bond acceptors (Lipinski definition) is 14. The van der Waals surface area contributed by atoms with Crippen LogP contribution in [0.1, 0.15) is 99.8 Å². The summed E-state index contributed by atoms with van der Waals surface area (Å²) in [6.07, 6.45) is 17.1. The van der Waals surface area contributed by atoms with Gasteiger partial charge < -0.3 is 39.7 Å². The van der Waals surface area contributed by atoms with E-state index in [0.717, 1.165) is 126 Å². The lowest BCUT2D eigenvalue weighted by molar-refractivity contribution is -0.143. The lowest BCUT2D eigenvalue weighted by atomic mass is 9.89. The maximum Gasteiger partial charge on any atom is 0.326 e. The van der Waals surface area contributed by atoms with E-state index >= 15 is 0 Å². The Labute approximate surface area is 430 Å². The summed E-state index contributed by atoms with van der Waals surface area (Å²) < 4.78 is 9.84. The highest BCUT2D eigenvalue weighted by molar-refractivity contribution is 6.05. The number of nitriles is 1. The van der Waals surface area contributed by atoms with Crippen LogP contribution >= 0.6 is 0 Å². The predicted molar refractivity (Wildman–Crippen MR) is 282 cm³/mol. The van der Waals surface area contributed by atoms with Gasteiger partial charge in [0, 0.05) is 100 Å². The largest absolute Gasteiger partial charge is 0.465 e. The van der Waals surface area contributed by atoms with Gasteiger partial charge in [-0.25, -0.2) is 4.52 Å². The molecule has 1 atom stereocenters. The normalized spacial score (nSPS) is 20.4. The summed E-state index contributed by atoms with van der Waals surface area (Å²) in [6.45, 7) is 14.0. The molecule has 1 aromatic carbocycles. The smallest absolute Gasteiger partial charge is 0.326 e. The second-order valence-corrected chi connectivity index (χ2v) is 21.1. The number of anilines is 4. The number of nitrogens with zero attached hydrogens (tertiary/aromatic N) is 11. The monoisotopic (exact) mass is 1010 g/mol. The van der Waals surface area contributed by atoms with Gasteiger partial charge in [0.25, 0.3) is 11.5 Å². The maximum absolute atomic E-state index is 13.6. The predicted octanol–water partition coefficient (Wildman–Crippen LogP) is 6.03. The number of pyridine rings is 2. The van der Waals surface area contributed by atoms with Gasteiger partial charge in [-0.1, -0.05) is 0 Å². The summed E-state index contributed by atoms with van der Waals surface area (Å²) >= 11 is 0. The van der Waals surface area contributed by atoms with Crippen molar-refractivity contribution in [1.29, 1.82) is 5.26 Å². The molecule has 0 spiro atoms. The number of aliphatic hydroxyl groups is 1. The first-order valence-electron chi connectivity index (χ1n) is 26.3. The first-order chi connectivity index (χ1) is 35.8. The van der Waals surface area contributed by atoms with Crippen LogP contribution in [0.4, 0.5) is 22.7 Å². The van der Waals surface area contributed by atoms with E-state index in [9.17, 15) is 29.5 Å². The van der Waals surface area contributed by atoms with Crippen molar-refractivity contribution in [3.8, 4) is 6.07 Å². The van der Waals surface area contributed by atoms with Crippen molar-refractivity contribution in [3.05, 3.63) is 107 Å². The number of hydrogen-bond donors (Lipinski definition) is 3. The molecular weight excluding hydrogens is 939 g/mol. The SMILES string of the molecule is CCOC(=O)Cn1cc(NC(=O)[C@H]2CCCN(c3cncc(N4CCC(CN5CCN(C6CCC(n7cc8cc(NC(=O)c9ccc%10cc(C#N)cnn9%10)c(C(C)(C)O)cc8n7)CC6)CC5)CC4)c3)C2)ccc1=O. The number of aromatic nitrogens is 6. The van der Waals surface area contributed by atoms with Crippen LogP contribution in [0, 0.1) is 23.2 Å². The maximum atomic E-state index is 13.6. The fraction of sp³-hybridized carbons (Fsp3) is 0.491. The zero-order valence-electron chi connectivity index (χ0n) is 42.7. The third-order valence-corrected chi connectivity index (χ3v) is 15.6. The number of rotatable bonds is 14. The summed E-state index contributed by atoms with van der Waals surface area (Å²) in [5.74, 6) is -0.570. The summed E-state index contributed by atoms with van der Waals surface area (Å²) in [6, 6.07) is 17.0. The Kier molecular flexibility index (Phi) is 14.8. The standard InChI is InChI=1S/C55H67N13O6/c1-4-74-52(70)36-66-35-41(7-14-51(66)69)59-53(71)39-6-5-17-65(33-39)46-26-45(30-57-31-46)63-18-15-37(16-19-63)32-62-20-22-64(23-21-62)42-8-10-43(11-9-42)67-34-40-25-49(47(55(2,3)73)27-48(40)61-67)60-54(72)50-13-12-44-24-38(28-56)29-58-68(44)50/h7,12-14,24-27,29-31,34-35,37,39,42-43,73H,4-6,8-11,15-23,32-33,36H2,1-3H3,(H,59,71)(H,60,72)/t39-,42?,43?/m0/s1. The van der Waals surface area contributed by atoms with Gasteiger partial charge in [-0.15, -0.1) is 0 Å². The van der Waals surface area contributed by atoms with Crippen LogP contribution in [0.3, 0.4) is 0 Å². The average molecular weight is 1010 g/mol. The molecule has 19 nitrogen and oxygen atoms in total. The van der Waals surface area contributed by atoms with E-state index in [0.29, 0.717) is 52.2 Å². The van der Waals surface area contributed by atoms with Crippen LogP contribution in [-0.2, 0) is 26.5 Å².